The van der Waals surface area contributed by atoms with Gasteiger partial charge in [0, 0.05) is 26.0 Å². The van der Waals surface area contributed by atoms with E-state index in [4.69, 9.17) is 21.1 Å². The van der Waals surface area contributed by atoms with E-state index in [-0.39, 0.29) is 12.6 Å². The molecule has 0 atom stereocenters. The Morgan fingerprint density at radius 3 is 2.96 bits per heavy atom. The second-order valence-corrected chi connectivity index (χ2v) is 5.16. The van der Waals surface area contributed by atoms with Crippen LogP contribution in [0.5, 0.6) is 5.75 Å². The molecule has 0 spiro atoms. The Balaban J connectivity index is 1.78. The van der Waals surface area contributed by atoms with Crippen molar-refractivity contribution in [3.8, 4) is 5.75 Å². The molecule has 23 heavy (non-hydrogen) atoms. The molecule has 0 aliphatic carbocycles. The predicted octanol–water partition coefficient (Wildman–Crippen LogP) is 2.73. The van der Waals surface area contributed by atoms with Crippen LogP contribution in [0.15, 0.2) is 36.5 Å². The first-order valence-corrected chi connectivity index (χ1v) is 7.85. The molecule has 1 amide bonds. The topological polar surface area (TPSA) is 65.4 Å². The number of nitrogens with one attached hydrogen (secondary N) is 1. The molecule has 0 saturated carbocycles. The van der Waals surface area contributed by atoms with E-state index in [1.165, 1.54) is 0 Å². The van der Waals surface area contributed by atoms with Gasteiger partial charge in [0.05, 0.1) is 5.02 Å². The van der Waals surface area contributed by atoms with Crippen LogP contribution in [-0.4, -0.2) is 35.4 Å². The van der Waals surface area contributed by atoms with Gasteiger partial charge in [0.1, 0.15) is 11.4 Å². The van der Waals surface area contributed by atoms with Gasteiger partial charge in [0.15, 0.2) is 6.73 Å². The van der Waals surface area contributed by atoms with Crippen LogP contribution in [0.4, 0.5) is 0 Å². The fraction of sp³-hybridized carbons (Fsp3) is 0.375. The maximum absolute atomic E-state index is 11.9. The van der Waals surface area contributed by atoms with Crippen molar-refractivity contribution in [3.05, 3.63) is 47.2 Å². The molecule has 2 aromatic rings. The highest BCUT2D eigenvalue weighted by Crippen LogP contribution is 2.23. The number of amides is 1. The minimum atomic E-state index is -0.210. The summed E-state index contributed by atoms with van der Waals surface area (Å²) in [7, 11) is 0. The molecule has 0 saturated heterocycles. The zero-order chi connectivity index (χ0) is 16.5. The maximum atomic E-state index is 11.9. The summed E-state index contributed by atoms with van der Waals surface area (Å²) in [5, 5.41) is 7.51. The van der Waals surface area contributed by atoms with Crippen LogP contribution in [0.2, 0.25) is 5.02 Å². The highest BCUT2D eigenvalue weighted by Gasteiger charge is 2.09. The summed E-state index contributed by atoms with van der Waals surface area (Å²) >= 11 is 6.01. The van der Waals surface area contributed by atoms with Gasteiger partial charge >= 0.3 is 0 Å². The molecule has 0 bridgehead atoms. The standard InChI is InChI=1S/C16H20ClN3O3/c1-2-22-11-5-9-18-16(21)14-8-10-20(19-14)12-23-15-7-4-3-6-13(15)17/h3-4,6-8,10H,2,5,9,11-12H2,1H3,(H,18,21). The van der Waals surface area contributed by atoms with Gasteiger partial charge in [-0.1, -0.05) is 23.7 Å². The zero-order valence-corrected chi connectivity index (χ0v) is 13.8. The third-order valence-electron chi connectivity index (χ3n) is 3.02. The summed E-state index contributed by atoms with van der Waals surface area (Å²) in [6.45, 7) is 4.00. The molecule has 0 aliphatic rings. The first kappa shape index (κ1) is 17.3. The molecule has 0 radical (unpaired) electrons. The number of para-hydroxylation sites is 1. The van der Waals surface area contributed by atoms with Gasteiger partial charge in [-0.25, -0.2) is 4.68 Å². The van der Waals surface area contributed by atoms with Crippen molar-refractivity contribution >= 4 is 17.5 Å². The number of benzene rings is 1. The average Bonchev–Trinajstić information content (AvgIpc) is 3.03. The van der Waals surface area contributed by atoms with E-state index in [1.807, 2.05) is 19.1 Å². The predicted molar refractivity (Wildman–Crippen MR) is 87.8 cm³/mol. The third kappa shape index (κ3) is 5.58. The molecular formula is C16H20ClN3O3. The number of hydrogen-bond acceptors (Lipinski definition) is 4. The van der Waals surface area contributed by atoms with Crippen LogP contribution in [0.3, 0.4) is 0 Å². The fourth-order valence-corrected chi connectivity index (χ4v) is 2.05. The molecule has 1 heterocycles. The summed E-state index contributed by atoms with van der Waals surface area (Å²) < 4.78 is 12.3. The van der Waals surface area contributed by atoms with Gasteiger partial charge in [0.2, 0.25) is 0 Å². The molecule has 0 unspecified atom stereocenters. The molecule has 1 aromatic carbocycles. The second-order valence-electron chi connectivity index (χ2n) is 4.75. The summed E-state index contributed by atoms with van der Waals surface area (Å²) in [6, 6.07) is 8.84. The van der Waals surface area contributed by atoms with Crippen LogP contribution in [0, 0.1) is 0 Å². The minimum Gasteiger partial charge on any atom is -0.470 e. The molecule has 124 valence electrons. The van der Waals surface area contributed by atoms with Crippen molar-refractivity contribution in [1.29, 1.82) is 0 Å². The van der Waals surface area contributed by atoms with Gasteiger partial charge in [-0.3, -0.25) is 4.79 Å². The van der Waals surface area contributed by atoms with E-state index in [0.717, 1.165) is 6.42 Å². The largest absolute Gasteiger partial charge is 0.470 e. The second kappa shape index (κ2) is 9.17. The quantitative estimate of drug-likeness (QED) is 0.714. The van der Waals surface area contributed by atoms with Crippen molar-refractivity contribution < 1.29 is 14.3 Å². The highest BCUT2D eigenvalue weighted by molar-refractivity contribution is 6.32. The minimum absolute atomic E-state index is 0.182. The Hall–Kier alpha value is -2.05. The number of aromatic nitrogens is 2. The summed E-state index contributed by atoms with van der Waals surface area (Å²) in [5.74, 6) is 0.365. The fourth-order valence-electron chi connectivity index (χ4n) is 1.86. The van der Waals surface area contributed by atoms with Crippen molar-refractivity contribution in [2.75, 3.05) is 19.8 Å². The van der Waals surface area contributed by atoms with E-state index in [2.05, 4.69) is 10.4 Å². The molecule has 1 N–H and O–H groups in total. The van der Waals surface area contributed by atoms with E-state index in [0.29, 0.717) is 36.2 Å². The van der Waals surface area contributed by atoms with E-state index >= 15 is 0 Å². The van der Waals surface area contributed by atoms with E-state index in [1.54, 1.807) is 29.1 Å². The van der Waals surface area contributed by atoms with Gasteiger partial charge < -0.3 is 14.8 Å². The molecule has 2 rings (SSSR count). The average molecular weight is 338 g/mol. The molecular weight excluding hydrogens is 318 g/mol. The van der Waals surface area contributed by atoms with Crippen molar-refractivity contribution in [2.24, 2.45) is 0 Å². The van der Waals surface area contributed by atoms with E-state index in [9.17, 15) is 4.79 Å². The van der Waals surface area contributed by atoms with Crippen LogP contribution < -0.4 is 10.1 Å². The highest BCUT2D eigenvalue weighted by atomic mass is 35.5. The molecule has 7 heteroatoms. The lowest BCUT2D eigenvalue weighted by Gasteiger charge is -2.07. The first-order valence-electron chi connectivity index (χ1n) is 7.47. The number of carbonyl (C=O) groups excluding carboxylic acids is 1. The van der Waals surface area contributed by atoms with Crippen LogP contribution in [0.1, 0.15) is 23.8 Å². The third-order valence-corrected chi connectivity index (χ3v) is 3.33. The molecule has 0 fully saturated rings. The van der Waals surface area contributed by atoms with Gasteiger partial charge in [-0.05, 0) is 31.5 Å². The molecule has 1 aromatic heterocycles. The van der Waals surface area contributed by atoms with Crippen molar-refractivity contribution in [2.45, 2.75) is 20.1 Å². The monoisotopic (exact) mass is 337 g/mol. The molecule has 0 aliphatic heterocycles. The first-order chi connectivity index (χ1) is 11.2. The normalized spacial score (nSPS) is 10.5. The van der Waals surface area contributed by atoms with Gasteiger partial charge in [0.25, 0.3) is 5.91 Å². The number of rotatable bonds is 9. The Kier molecular flexibility index (Phi) is 6.90. The van der Waals surface area contributed by atoms with Crippen LogP contribution >= 0.6 is 11.6 Å². The smallest absolute Gasteiger partial charge is 0.271 e. The van der Waals surface area contributed by atoms with Crippen molar-refractivity contribution in [3.63, 3.8) is 0 Å². The summed E-state index contributed by atoms with van der Waals surface area (Å²) in [4.78, 5) is 11.9. The number of hydrogen-bond donors (Lipinski definition) is 1. The lowest BCUT2D eigenvalue weighted by atomic mass is 10.3. The molecule has 6 nitrogen and oxygen atoms in total. The SMILES string of the molecule is CCOCCCNC(=O)c1ccn(COc2ccccc2Cl)n1. The van der Waals surface area contributed by atoms with E-state index < -0.39 is 0 Å². The maximum Gasteiger partial charge on any atom is 0.271 e. The Morgan fingerprint density at radius 2 is 2.17 bits per heavy atom. The number of halogens is 1. The Morgan fingerprint density at radius 1 is 1.35 bits per heavy atom. The summed E-state index contributed by atoms with van der Waals surface area (Å²) in [6.07, 6.45) is 2.46. The van der Waals surface area contributed by atoms with Crippen LogP contribution in [-0.2, 0) is 11.5 Å². The lowest BCUT2D eigenvalue weighted by molar-refractivity contribution is 0.0937. The number of nitrogens with zero attached hydrogens (tertiary/aromatic N) is 2. The Bertz CT molecular complexity index is 631. The number of carbonyl (C=O) groups is 1. The zero-order valence-electron chi connectivity index (χ0n) is 13.0. The lowest BCUT2D eigenvalue weighted by Crippen LogP contribution is -2.26. The Labute approximate surface area is 140 Å². The summed E-state index contributed by atoms with van der Waals surface area (Å²) in [5.41, 5.74) is 0.351. The van der Waals surface area contributed by atoms with Gasteiger partial charge in [-0.15, -0.1) is 0 Å². The van der Waals surface area contributed by atoms with Crippen LogP contribution in [0.25, 0.3) is 0 Å². The number of ether oxygens (including phenoxy) is 2. The van der Waals surface area contributed by atoms with Gasteiger partial charge in [-0.2, -0.15) is 5.10 Å². The van der Waals surface area contributed by atoms with Crippen molar-refractivity contribution in [1.82, 2.24) is 15.1 Å².